The van der Waals surface area contributed by atoms with Crippen LogP contribution in [0.4, 0.5) is 18.0 Å². The number of nitrogens with zero attached hydrogens (tertiary/aromatic N) is 2. The van der Waals surface area contributed by atoms with Crippen molar-refractivity contribution in [3.05, 3.63) is 35.4 Å². The van der Waals surface area contributed by atoms with E-state index in [0.717, 1.165) is 12.0 Å². The normalized spacial score (nSPS) is 28.7. The van der Waals surface area contributed by atoms with Gasteiger partial charge in [-0.25, -0.2) is 4.79 Å². The van der Waals surface area contributed by atoms with Crippen molar-refractivity contribution in [2.75, 3.05) is 32.8 Å². The molecule has 1 aromatic rings. The Labute approximate surface area is 173 Å². The summed E-state index contributed by atoms with van der Waals surface area (Å²) in [5, 5.41) is 0. The van der Waals surface area contributed by atoms with Crippen LogP contribution in [-0.4, -0.2) is 66.7 Å². The minimum Gasteiger partial charge on any atom is -0.370 e. The van der Waals surface area contributed by atoms with Crippen LogP contribution in [0, 0.1) is 5.92 Å². The van der Waals surface area contributed by atoms with Gasteiger partial charge in [0.1, 0.15) is 6.61 Å². The van der Waals surface area contributed by atoms with E-state index in [9.17, 15) is 22.8 Å². The summed E-state index contributed by atoms with van der Waals surface area (Å²) in [4.78, 5) is 28.0. The fraction of sp³-hybridized carbons (Fsp3) is 0.636. The average Bonchev–Trinajstić information content (AvgIpc) is 3.49. The molecular weight excluding hydrogens is 397 g/mol. The summed E-state index contributed by atoms with van der Waals surface area (Å²) in [6.07, 6.45) is -2.57. The van der Waals surface area contributed by atoms with Crippen molar-refractivity contribution in [1.82, 2.24) is 9.80 Å². The molecule has 4 fully saturated rings. The number of fused-ring (bicyclic) bond motifs is 1. The van der Waals surface area contributed by atoms with Gasteiger partial charge in [-0.15, -0.1) is 0 Å². The second-order valence-electron chi connectivity index (χ2n) is 9.17. The molecule has 0 N–H and O–H groups in total. The zero-order valence-corrected chi connectivity index (χ0v) is 16.7. The van der Waals surface area contributed by atoms with Gasteiger partial charge in [0.15, 0.2) is 5.78 Å². The van der Waals surface area contributed by atoms with E-state index in [1.165, 1.54) is 0 Å². The van der Waals surface area contributed by atoms with E-state index >= 15 is 0 Å². The number of rotatable bonds is 2. The van der Waals surface area contributed by atoms with Crippen LogP contribution >= 0.6 is 0 Å². The third-order valence-electron chi connectivity index (χ3n) is 7.26. The van der Waals surface area contributed by atoms with Gasteiger partial charge >= 0.3 is 12.2 Å². The second kappa shape index (κ2) is 6.97. The fourth-order valence-electron chi connectivity index (χ4n) is 5.13. The topological polar surface area (TPSA) is 49.9 Å². The van der Waals surface area contributed by atoms with Crippen LogP contribution < -0.4 is 0 Å². The van der Waals surface area contributed by atoms with E-state index in [4.69, 9.17) is 4.74 Å². The Morgan fingerprint density at radius 3 is 2.40 bits per heavy atom. The highest BCUT2D eigenvalue weighted by Gasteiger charge is 2.64. The number of amides is 2. The standard InChI is InChI=1S/C22H25F3N2O3/c23-22(24,25)21(6-7-21)17-3-1-14(2-4-17)16-11-27(12-16)20(29)26-8-5-19-15(10-26)9-18(28)13-30-19/h1-4,15-16,19H,5-13H2/t15-,19-/m1/s1. The molecular formula is C22H25F3N2O3. The zero-order chi connectivity index (χ0) is 21.1. The minimum atomic E-state index is -4.20. The molecule has 0 unspecified atom stereocenters. The molecule has 8 heteroatoms. The molecule has 162 valence electrons. The van der Waals surface area contributed by atoms with E-state index in [0.29, 0.717) is 38.2 Å². The highest BCUT2D eigenvalue weighted by molar-refractivity contribution is 5.81. The van der Waals surface area contributed by atoms with Crippen LogP contribution in [0.5, 0.6) is 0 Å². The Kier molecular flexibility index (Phi) is 4.61. The summed E-state index contributed by atoms with van der Waals surface area (Å²) in [7, 11) is 0. The number of Topliss-reactive ketones (excluding diaryl/α,β-unsaturated/α-hetero) is 1. The van der Waals surface area contributed by atoms with Crippen molar-refractivity contribution < 1.29 is 27.5 Å². The molecule has 3 saturated heterocycles. The Hall–Kier alpha value is -2.09. The first-order chi connectivity index (χ1) is 14.3. The van der Waals surface area contributed by atoms with E-state index in [1.807, 2.05) is 4.90 Å². The van der Waals surface area contributed by atoms with Crippen LogP contribution in [0.2, 0.25) is 0 Å². The Morgan fingerprint density at radius 1 is 1.07 bits per heavy atom. The molecule has 0 spiro atoms. The molecule has 0 radical (unpaired) electrons. The Morgan fingerprint density at radius 2 is 1.77 bits per heavy atom. The first-order valence-electron chi connectivity index (χ1n) is 10.6. The SMILES string of the molecule is O=C1CO[C@@H]2CCN(C(=O)N3CC(c4ccc(C5(C(F)(F)F)CC5)cc4)C3)C[C@H]2C1. The molecule has 3 heterocycles. The third-order valence-corrected chi connectivity index (χ3v) is 7.26. The molecule has 2 amide bonds. The van der Waals surface area contributed by atoms with Gasteiger partial charge in [-0.2, -0.15) is 13.2 Å². The highest BCUT2D eigenvalue weighted by atomic mass is 19.4. The average molecular weight is 422 g/mol. The lowest BCUT2D eigenvalue weighted by Gasteiger charge is -2.46. The maximum atomic E-state index is 13.3. The van der Waals surface area contributed by atoms with Gasteiger partial charge < -0.3 is 14.5 Å². The number of likely N-dealkylation sites (tertiary alicyclic amines) is 2. The van der Waals surface area contributed by atoms with Crippen molar-refractivity contribution in [3.8, 4) is 0 Å². The number of piperidine rings is 1. The number of ketones is 1. The lowest BCUT2D eigenvalue weighted by molar-refractivity contribution is -0.160. The molecule has 3 aliphatic heterocycles. The molecule has 0 aromatic heterocycles. The zero-order valence-electron chi connectivity index (χ0n) is 16.7. The van der Waals surface area contributed by atoms with Crippen LogP contribution in [0.3, 0.4) is 0 Å². The van der Waals surface area contributed by atoms with Gasteiger partial charge in [-0.3, -0.25) is 4.79 Å². The molecule has 1 aromatic carbocycles. The first kappa shape index (κ1) is 19.8. The van der Waals surface area contributed by atoms with E-state index in [2.05, 4.69) is 0 Å². The van der Waals surface area contributed by atoms with Crippen molar-refractivity contribution in [1.29, 1.82) is 0 Å². The van der Waals surface area contributed by atoms with Gasteiger partial charge in [0.05, 0.1) is 11.5 Å². The third kappa shape index (κ3) is 3.29. The van der Waals surface area contributed by atoms with Gasteiger partial charge in [0.25, 0.3) is 0 Å². The summed E-state index contributed by atoms with van der Waals surface area (Å²) in [5.74, 6) is 0.328. The number of carbonyl (C=O) groups excluding carboxylic acids is 2. The number of hydrogen-bond acceptors (Lipinski definition) is 3. The lowest BCUT2D eigenvalue weighted by atomic mass is 9.87. The predicted molar refractivity (Wildman–Crippen MR) is 102 cm³/mol. The quantitative estimate of drug-likeness (QED) is 0.733. The van der Waals surface area contributed by atoms with Crippen LogP contribution in [-0.2, 0) is 14.9 Å². The smallest absolute Gasteiger partial charge is 0.370 e. The number of carbonyl (C=O) groups is 2. The van der Waals surface area contributed by atoms with Gasteiger partial charge in [-0.1, -0.05) is 24.3 Å². The fourth-order valence-corrected chi connectivity index (χ4v) is 5.13. The lowest BCUT2D eigenvalue weighted by Crippen LogP contribution is -2.58. The predicted octanol–water partition coefficient (Wildman–Crippen LogP) is 3.48. The number of hydrogen-bond donors (Lipinski definition) is 0. The summed E-state index contributed by atoms with van der Waals surface area (Å²) < 4.78 is 45.4. The van der Waals surface area contributed by atoms with E-state index < -0.39 is 11.6 Å². The van der Waals surface area contributed by atoms with Gasteiger partial charge in [0.2, 0.25) is 0 Å². The number of alkyl halides is 3. The number of benzene rings is 1. The summed E-state index contributed by atoms with van der Waals surface area (Å²) in [5.41, 5.74) is -0.326. The second-order valence-corrected chi connectivity index (χ2v) is 9.17. The van der Waals surface area contributed by atoms with E-state index in [-0.39, 0.29) is 49.2 Å². The first-order valence-corrected chi connectivity index (χ1v) is 10.6. The van der Waals surface area contributed by atoms with Gasteiger partial charge in [0, 0.05) is 44.4 Å². The number of ether oxygens (including phenoxy) is 1. The molecule has 1 aliphatic carbocycles. The van der Waals surface area contributed by atoms with Crippen LogP contribution in [0.1, 0.15) is 42.7 Å². The maximum absolute atomic E-state index is 13.3. The summed E-state index contributed by atoms with van der Waals surface area (Å²) in [6, 6.07) is 6.75. The van der Waals surface area contributed by atoms with Crippen molar-refractivity contribution in [2.24, 2.45) is 5.92 Å². The van der Waals surface area contributed by atoms with Crippen LogP contribution in [0.15, 0.2) is 24.3 Å². The monoisotopic (exact) mass is 422 g/mol. The Bertz CT molecular complexity index is 844. The number of halogens is 3. The largest absolute Gasteiger partial charge is 0.398 e. The molecule has 5 rings (SSSR count). The molecule has 4 aliphatic rings. The van der Waals surface area contributed by atoms with Crippen molar-refractivity contribution in [3.63, 3.8) is 0 Å². The maximum Gasteiger partial charge on any atom is 0.398 e. The van der Waals surface area contributed by atoms with E-state index in [1.54, 1.807) is 29.2 Å². The minimum absolute atomic E-state index is 0.0200. The van der Waals surface area contributed by atoms with Crippen molar-refractivity contribution in [2.45, 2.75) is 49.3 Å². The summed E-state index contributed by atoms with van der Waals surface area (Å²) >= 11 is 0. The molecule has 1 saturated carbocycles. The van der Waals surface area contributed by atoms with Gasteiger partial charge in [-0.05, 0) is 30.4 Å². The molecule has 0 bridgehead atoms. The summed E-state index contributed by atoms with van der Waals surface area (Å²) in [6.45, 7) is 2.51. The molecule has 5 nitrogen and oxygen atoms in total. The molecule has 30 heavy (non-hydrogen) atoms. The highest BCUT2D eigenvalue weighted by Crippen LogP contribution is 2.58. The Balaban J connectivity index is 1.17. The van der Waals surface area contributed by atoms with Crippen molar-refractivity contribution >= 4 is 11.8 Å². The van der Waals surface area contributed by atoms with Crippen LogP contribution in [0.25, 0.3) is 0 Å². The number of urea groups is 1. The molecule has 2 atom stereocenters.